The first kappa shape index (κ1) is 20.6. The van der Waals surface area contributed by atoms with Gasteiger partial charge in [-0.2, -0.15) is 0 Å². The number of β-amino-alcohol motifs (C(OH)–C–C–N with tert-alkyl or cyclic N) is 1. The molecule has 0 radical (unpaired) electrons. The molecule has 1 aromatic rings. The number of aromatic hydroxyl groups is 1. The van der Waals surface area contributed by atoms with Crippen LogP contribution in [0.4, 0.5) is 0 Å². The zero-order valence-corrected chi connectivity index (χ0v) is 17.6. The van der Waals surface area contributed by atoms with E-state index in [2.05, 4.69) is 11.8 Å². The van der Waals surface area contributed by atoms with Gasteiger partial charge in [-0.3, -0.25) is 9.69 Å². The van der Waals surface area contributed by atoms with Crippen molar-refractivity contribution in [2.75, 3.05) is 39.3 Å². The summed E-state index contributed by atoms with van der Waals surface area (Å²) in [4.78, 5) is 17.1. The number of aryl methyl sites for hydroxylation is 1. The van der Waals surface area contributed by atoms with Crippen LogP contribution in [0, 0.1) is 18.3 Å². The largest absolute Gasteiger partial charge is 0.507 e. The number of phenolic OH excluding ortho intramolecular Hbond substituents is 1. The van der Waals surface area contributed by atoms with Gasteiger partial charge in [-0.25, -0.2) is 0 Å². The minimum Gasteiger partial charge on any atom is -0.507 e. The number of aliphatic hydroxyl groups excluding tert-OH is 1. The Morgan fingerprint density at radius 2 is 2.03 bits per heavy atom. The van der Waals surface area contributed by atoms with Crippen molar-refractivity contribution in [1.82, 2.24) is 9.80 Å². The van der Waals surface area contributed by atoms with Crippen molar-refractivity contribution in [2.24, 2.45) is 11.3 Å². The Bertz CT molecular complexity index is 744. The van der Waals surface area contributed by atoms with Crippen molar-refractivity contribution in [3.05, 3.63) is 29.3 Å². The molecule has 3 aliphatic heterocycles. The maximum absolute atomic E-state index is 12.9. The number of ether oxygens (including phenoxy) is 1. The van der Waals surface area contributed by atoms with E-state index in [4.69, 9.17) is 4.74 Å². The van der Waals surface area contributed by atoms with Crippen LogP contribution in [0.5, 0.6) is 5.75 Å². The van der Waals surface area contributed by atoms with Gasteiger partial charge in [-0.15, -0.1) is 0 Å². The van der Waals surface area contributed by atoms with Crippen molar-refractivity contribution >= 4 is 5.91 Å². The van der Waals surface area contributed by atoms with Crippen LogP contribution in [0.1, 0.15) is 48.5 Å². The molecule has 0 bridgehead atoms. The quantitative estimate of drug-likeness (QED) is 0.812. The summed E-state index contributed by atoms with van der Waals surface area (Å²) in [7, 11) is 0. The molecule has 3 atom stereocenters. The van der Waals surface area contributed by atoms with Crippen LogP contribution in [0.15, 0.2) is 18.2 Å². The smallest absolute Gasteiger partial charge is 0.257 e. The Kier molecular flexibility index (Phi) is 5.87. The van der Waals surface area contributed by atoms with E-state index in [-0.39, 0.29) is 29.3 Å². The Hall–Kier alpha value is -1.63. The van der Waals surface area contributed by atoms with Crippen LogP contribution in [0.2, 0.25) is 0 Å². The van der Waals surface area contributed by atoms with Gasteiger partial charge in [0.2, 0.25) is 0 Å². The molecule has 160 valence electrons. The fourth-order valence-electron chi connectivity index (χ4n) is 5.11. The number of amides is 1. The van der Waals surface area contributed by atoms with E-state index < -0.39 is 0 Å². The van der Waals surface area contributed by atoms with E-state index in [1.807, 2.05) is 17.9 Å². The van der Waals surface area contributed by atoms with Gasteiger partial charge in [0.25, 0.3) is 5.91 Å². The number of aliphatic hydroxyl groups is 1. The van der Waals surface area contributed by atoms with Gasteiger partial charge in [-0.05, 0) is 62.6 Å². The number of carbonyl (C=O) groups excluding carboxylic acids is 1. The summed E-state index contributed by atoms with van der Waals surface area (Å²) in [5.41, 5.74) is 1.54. The molecule has 3 saturated heterocycles. The number of benzene rings is 1. The molecule has 4 rings (SSSR count). The highest BCUT2D eigenvalue weighted by Gasteiger charge is 2.44. The summed E-state index contributed by atoms with van der Waals surface area (Å²) in [6.45, 7) is 8.91. The average molecular weight is 403 g/mol. The number of carbonyl (C=O) groups is 1. The third kappa shape index (κ3) is 4.44. The van der Waals surface area contributed by atoms with Crippen molar-refractivity contribution < 1.29 is 19.7 Å². The van der Waals surface area contributed by atoms with E-state index >= 15 is 0 Å². The molecular weight excluding hydrogens is 368 g/mol. The monoisotopic (exact) mass is 402 g/mol. The molecule has 3 fully saturated rings. The number of rotatable bonds is 3. The zero-order chi connectivity index (χ0) is 20.6. The van der Waals surface area contributed by atoms with Crippen molar-refractivity contribution in [2.45, 2.75) is 51.7 Å². The number of nitrogens with zero attached hydrogens (tertiary/aromatic N) is 2. The van der Waals surface area contributed by atoms with Crippen molar-refractivity contribution in [3.63, 3.8) is 0 Å². The number of hydrogen-bond acceptors (Lipinski definition) is 5. The highest BCUT2D eigenvalue weighted by molar-refractivity contribution is 5.97. The van der Waals surface area contributed by atoms with E-state index in [1.54, 1.807) is 12.1 Å². The van der Waals surface area contributed by atoms with Crippen LogP contribution in [0.3, 0.4) is 0 Å². The molecule has 3 aliphatic rings. The second-order valence-electron chi connectivity index (χ2n) is 9.54. The van der Waals surface area contributed by atoms with Gasteiger partial charge in [0.05, 0.1) is 24.4 Å². The third-order valence-corrected chi connectivity index (χ3v) is 7.24. The fourth-order valence-corrected chi connectivity index (χ4v) is 5.11. The molecule has 29 heavy (non-hydrogen) atoms. The van der Waals surface area contributed by atoms with Gasteiger partial charge in [0.15, 0.2) is 0 Å². The minimum absolute atomic E-state index is 0.0585. The van der Waals surface area contributed by atoms with Crippen LogP contribution in [-0.4, -0.2) is 77.5 Å². The number of hydrogen-bond donors (Lipinski definition) is 2. The Morgan fingerprint density at radius 1 is 1.28 bits per heavy atom. The summed E-state index contributed by atoms with van der Waals surface area (Å²) in [5, 5.41) is 20.2. The Balaban J connectivity index is 1.30. The third-order valence-electron chi connectivity index (χ3n) is 7.24. The molecule has 1 aromatic carbocycles. The van der Waals surface area contributed by atoms with E-state index in [0.29, 0.717) is 24.6 Å². The minimum atomic E-state index is -0.230. The second-order valence-corrected chi connectivity index (χ2v) is 9.54. The first-order chi connectivity index (χ1) is 13.8. The molecular formula is C23H34N2O4. The molecule has 2 N–H and O–H groups in total. The maximum Gasteiger partial charge on any atom is 0.257 e. The van der Waals surface area contributed by atoms with Crippen LogP contribution in [-0.2, 0) is 4.74 Å². The first-order valence-corrected chi connectivity index (χ1v) is 11.0. The predicted octanol–water partition coefficient (Wildman–Crippen LogP) is 2.41. The fraction of sp³-hybridized carbons (Fsp3) is 0.696. The summed E-state index contributed by atoms with van der Waals surface area (Å²) < 4.78 is 6.16. The molecule has 0 saturated carbocycles. The normalized spacial score (nSPS) is 30.0. The lowest BCUT2D eigenvalue weighted by atomic mass is 9.76. The van der Waals surface area contributed by atoms with Gasteiger partial charge in [0, 0.05) is 26.2 Å². The number of likely N-dealkylation sites (tertiary alicyclic amines) is 2. The molecule has 0 unspecified atom stereocenters. The van der Waals surface area contributed by atoms with Crippen LogP contribution >= 0.6 is 0 Å². The Morgan fingerprint density at radius 3 is 2.76 bits per heavy atom. The van der Waals surface area contributed by atoms with Gasteiger partial charge < -0.3 is 19.8 Å². The molecule has 6 nitrogen and oxygen atoms in total. The molecule has 1 amide bonds. The van der Waals surface area contributed by atoms with Crippen molar-refractivity contribution in [3.8, 4) is 5.75 Å². The average Bonchev–Trinajstić information content (AvgIpc) is 3.09. The van der Waals surface area contributed by atoms with Crippen LogP contribution < -0.4 is 0 Å². The van der Waals surface area contributed by atoms with E-state index in [9.17, 15) is 15.0 Å². The molecule has 6 heteroatoms. The Labute approximate surface area is 173 Å². The predicted molar refractivity (Wildman–Crippen MR) is 111 cm³/mol. The summed E-state index contributed by atoms with van der Waals surface area (Å²) in [6, 6.07) is 5.18. The molecule has 0 aromatic heterocycles. The summed E-state index contributed by atoms with van der Waals surface area (Å²) in [6.07, 6.45) is 3.96. The highest BCUT2D eigenvalue weighted by Crippen LogP contribution is 2.42. The summed E-state index contributed by atoms with van der Waals surface area (Å²) >= 11 is 0. The lowest BCUT2D eigenvalue weighted by Crippen LogP contribution is -2.46. The maximum atomic E-state index is 12.9. The lowest BCUT2D eigenvalue weighted by molar-refractivity contribution is 0.000904. The first-order valence-electron chi connectivity index (χ1n) is 11.0. The SMILES string of the molecule is Cc1ccc(O)c(C(=O)N2CCC3(CC2)CO[C@@H](CN2CC[C@@H](C)[C@H](O)C2)C3)c1. The lowest BCUT2D eigenvalue weighted by Gasteiger charge is -2.39. The molecule has 0 aliphatic carbocycles. The zero-order valence-electron chi connectivity index (χ0n) is 17.6. The topological polar surface area (TPSA) is 73.2 Å². The molecule has 1 spiro atoms. The number of phenols is 1. The van der Waals surface area contributed by atoms with E-state index in [0.717, 1.165) is 57.5 Å². The van der Waals surface area contributed by atoms with Gasteiger partial charge in [0.1, 0.15) is 5.75 Å². The number of piperidine rings is 2. The van der Waals surface area contributed by atoms with Crippen LogP contribution in [0.25, 0.3) is 0 Å². The molecule has 3 heterocycles. The van der Waals surface area contributed by atoms with Gasteiger partial charge >= 0.3 is 0 Å². The second kappa shape index (κ2) is 8.25. The summed E-state index contributed by atoms with van der Waals surface area (Å²) in [5.74, 6) is 0.368. The van der Waals surface area contributed by atoms with E-state index in [1.165, 1.54) is 0 Å². The highest BCUT2D eigenvalue weighted by atomic mass is 16.5. The van der Waals surface area contributed by atoms with Crippen molar-refractivity contribution in [1.29, 1.82) is 0 Å². The van der Waals surface area contributed by atoms with Gasteiger partial charge in [-0.1, -0.05) is 18.6 Å². The standard InChI is InChI=1S/C23H34N2O4/c1-16-3-4-20(26)19(11-16)22(28)25-9-6-23(7-10-25)12-18(29-15-23)13-24-8-5-17(2)21(27)14-24/h3-4,11,17-18,21,26-27H,5-10,12-15H2,1-2H3/t17-,18-,21-/m1/s1.